The highest BCUT2D eigenvalue weighted by Gasteiger charge is 2.08. The van der Waals surface area contributed by atoms with E-state index in [1.807, 2.05) is 24.3 Å². The Labute approximate surface area is 131 Å². The highest BCUT2D eigenvalue weighted by atomic mass is 79.9. The molecule has 2 aromatic carbocycles. The Bertz CT molecular complexity index is 620. The SMILES string of the molecule is C=C(CC(=O)c1ccc(Br)cc1)Nc1ccc(Cl)cc1. The lowest BCUT2D eigenvalue weighted by Crippen LogP contribution is -2.06. The van der Waals surface area contributed by atoms with Gasteiger partial charge in [-0.3, -0.25) is 4.79 Å². The van der Waals surface area contributed by atoms with Crippen LogP contribution < -0.4 is 5.32 Å². The number of ketones is 1. The van der Waals surface area contributed by atoms with Crippen molar-refractivity contribution in [2.75, 3.05) is 5.32 Å². The van der Waals surface area contributed by atoms with Gasteiger partial charge in [-0.05, 0) is 36.4 Å². The van der Waals surface area contributed by atoms with E-state index in [0.29, 0.717) is 16.3 Å². The molecule has 0 atom stereocenters. The van der Waals surface area contributed by atoms with E-state index in [2.05, 4.69) is 27.8 Å². The predicted molar refractivity (Wildman–Crippen MR) is 87.3 cm³/mol. The molecule has 0 spiro atoms. The van der Waals surface area contributed by atoms with Gasteiger partial charge in [0.1, 0.15) is 0 Å². The highest BCUT2D eigenvalue weighted by molar-refractivity contribution is 9.10. The maximum absolute atomic E-state index is 12.1. The number of halogens is 2. The number of benzene rings is 2. The fourth-order valence-electron chi connectivity index (χ4n) is 1.71. The predicted octanol–water partition coefficient (Wildman–Crippen LogP) is 5.30. The van der Waals surface area contributed by atoms with Gasteiger partial charge >= 0.3 is 0 Å². The molecule has 2 aromatic rings. The second-order valence-electron chi connectivity index (χ2n) is 4.34. The molecular formula is C16H13BrClNO. The molecule has 0 bridgehead atoms. The molecule has 0 unspecified atom stereocenters. The summed E-state index contributed by atoms with van der Waals surface area (Å²) in [6, 6.07) is 14.5. The Kier molecular flexibility index (Phi) is 4.99. The van der Waals surface area contributed by atoms with Crippen molar-refractivity contribution < 1.29 is 4.79 Å². The first-order chi connectivity index (χ1) is 9.54. The van der Waals surface area contributed by atoms with Crippen LogP contribution >= 0.6 is 27.5 Å². The van der Waals surface area contributed by atoms with E-state index < -0.39 is 0 Å². The topological polar surface area (TPSA) is 29.1 Å². The minimum Gasteiger partial charge on any atom is -0.359 e. The minimum absolute atomic E-state index is 0.0314. The average Bonchev–Trinajstić information content (AvgIpc) is 2.42. The molecule has 0 heterocycles. The Morgan fingerprint density at radius 2 is 1.70 bits per heavy atom. The van der Waals surface area contributed by atoms with Gasteiger partial charge in [-0.15, -0.1) is 0 Å². The number of allylic oxidation sites excluding steroid dienone is 1. The normalized spacial score (nSPS) is 10.1. The van der Waals surface area contributed by atoms with Crippen LogP contribution in [0.5, 0.6) is 0 Å². The first-order valence-corrected chi connectivity index (χ1v) is 7.21. The maximum Gasteiger partial charge on any atom is 0.168 e. The number of carbonyl (C=O) groups is 1. The standard InChI is InChI=1S/C16H13BrClNO/c1-11(19-15-8-6-14(18)7-9-15)10-16(20)12-2-4-13(17)5-3-12/h2-9,19H,1,10H2. The van der Waals surface area contributed by atoms with E-state index in [1.165, 1.54) is 0 Å². The van der Waals surface area contributed by atoms with E-state index >= 15 is 0 Å². The van der Waals surface area contributed by atoms with Crippen molar-refractivity contribution >= 4 is 39.0 Å². The van der Waals surface area contributed by atoms with Gasteiger partial charge in [0, 0.05) is 26.4 Å². The summed E-state index contributed by atoms with van der Waals surface area (Å²) < 4.78 is 0.951. The Morgan fingerprint density at radius 3 is 2.30 bits per heavy atom. The fourth-order valence-corrected chi connectivity index (χ4v) is 2.10. The van der Waals surface area contributed by atoms with Gasteiger partial charge in [0.25, 0.3) is 0 Å². The summed E-state index contributed by atoms with van der Waals surface area (Å²) in [7, 11) is 0. The Morgan fingerprint density at radius 1 is 1.10 bits per heavy atom. The Balaban J connectivity index is 1.95. The van der Waals surface area contributed by atoms with Crippen molar-refractivity contribution in [2.45, 2.75) is 6.42 Å². The molecule has 1 N–H and O–H groups in total. The van der Waals surface area contributed by atoms with Crippen LogP contribution in [0, 0.1) is 0 Å². The molecule has 20 heavy (non-hydrogen) atoms. The molecule has 0 saturated carbocycles. The van der Waals surface area contributed by atoms with E-state index in [-0.39, 0.29) is 12.2 Å². The molecule has 2 rings (SSSR count). The van der Waals surface area contributed by atoms with E-state index in [0.717, 1.165) is 10.2 Å². The van der Waals surface area contributed by atoms with E-state index in [4.69, 9.17) is 11.6 Å². The molecule has 0 aromatic heterocycles. The second kappa shape index (κ2) is 6.73. The summed E-state index contributed by atoms with van der Waals surface area (Å²) in [5.74, 6) is 0.0314. The van der Waals surface area contributed by atoms with Crippen molar-refractivity contribution in [3.63, 3.8) is 0 Å². The number of hydrogen-bond donors (Lipinski definition) is 1. The fraction of sp³-hybridized carbons (Fsp3) is 0.0625. The van der Waals surface area contributed by atoms with Crippen LogP contribution in [-0.4, -0.2) is 5.78 Å². The molecule has 0 saturated heterocycles. The van der Waals surface area contributed by atoms with Gasteiger partial charge in [0.2, 0.25) is 0 Å². The first-order valence-electron chi connectivity index (χ1n) is 6.04. The lowest BCUT2D eigenvalue weighted by atomic mass is 10.1. The molecule has 0 radical (unpaired) electrons. The summed E-state index contributed by atoms with van der Waals surface area (Å²) in [4.78, 5) is 12.1. The molecule has 0 aliphatic carbocycles. The number of anilines is 1. The number of rotatable bonds is 5. The zero-order valence-corrected chi connectivity index (χ0v) is 13.0. The van der Waals surface area contributed by atoms with Crippen molar-refractivity contribution in [3.05, 3.63) is 75.9 Å². The zero-order chi connectivity index (χ0) is 14.5. The summed E-state index contributed by atoms with van der Waals surface area (Å²) in [6.07, 6.45) is 0.254. The van der Waals surface area contributed by atoms with Gasteiger partial charge in [-0.1, -0.05) is 46.2 Å². The van der Waals surface area contributed by atoms with Crippen LogP contribution in [0.25, 0.3) is 0 Å². The maximum atomic E-state index is 12.1. The van der Waals surface area contributed by atoms with Crippen molar-refractivity contribution in [1.82, 2.24) is 0 Å². The minimum atomic E-state index is 0.0314. The summed E-state index contributed by atoms with van der Waals surface area (Å²) >= 11 is 9.16. The average molecular weight is 351 g/mol. The molecule has 102 valence electrons. The van der Waals surface area contributed by atoms with Crippen molar-refractivity contribution in [2.24, 2.45) is 0 Å². The largest absolute Gasteiger partial charge is 0.359 e. The molecule has 0 amide bonds. The van der Waals surface area contributed by atoms with Crippen LogP contribution in [0.15, 0.2) is 65.3 Å². The van der Waals surface area contributed by atoms with Crippen LogP contribution in [0.2, 0.25) is 5.02 Å². The third-order valence-corrected chi connectivity index (χ3v) is 3.49. The second-order valence-corrected chi connectivity index (χ2v) is 5.69. The number of Topliss-reactive ketones (excluding diaryl/α,β-unsaturated/α-hetero) is 1. The summed E-state index contributed by atoms with van der Waals surface area (Å²) in [5.41, 5.74) is 2.19. The molecule has 4 heteroatoms. The molecule has 2 nitrogen and oxygen atoms in total. The van der Waals surface area contributed by atoms with Gasteiger partial charge < -0.3 is 5.32 Å². The monoisotopic (exact) mass is 349 g/mol. The Hall–Kier alpha value is -1.58. The smallest absolute Gasteiger partial charge is 0.168 e. The zero-order valence-electron chi connectivity index (χ0n) is 10.7. The van der Waals surface area contributed by atoms with Gasteiger partial charge in [-0.2, -0.15) is 0 Å². The summed E-state index contributed by atoms with van der Waals surface area (Å²) in [5, 5.41) is 3.77. The summed E-state index contributed by atoms with van der Waals surface area (Å²) in [6.45, 7) is 3.88. The van der Waals surface area contributed by atoms with Crippen molar-refractivity contribution in [3.8, 4) is 0 Å². The lowest BCUT2D eigenvalue weighted by Gasteiger charge is -2.09. The molecule has 0 fully saturated rings. The van der Waals surface area contributed by atoms with E-state index in [9.17, 15) is 4.79 Å². The third-order valence-electron chi connectivity index (χ3n) is 2.71. The van der Waals surface area contributed by atoms with Crippen LogP contribution in [0.3, 0.4) is 0 Å². The molecule has 0 aliphatic heterocycles. The lowest BCUT2D eigenvalue weighted by molar-refractivity contribution is 0.0993. The number of hydrogen-bond acceptors (Lipinski definition) is 2. The van der Waals surface area contributed by atoms with E-state index in [1.54, 1.807) is 24.3 Å². The first kappa shape index (κ1) is 14.8. The van der Waals surface area contributed by atoms with Crippen LogP contribution in [0.4, 0.5) is 5.69 Å². The number of carbonyl (C=O) groups excluding carboxylic acids is 1. The molecule has 0 aliphatic rings. The van der Waals surface area contributed by atoms with Gasteiger partial charge in [-0.25, -0.2) is 0 Å². The van der Waals surface area contributed by atoms with Crippen molar-refractivity contribution in [1.29, 1.82) is 0 Å². The van der Waals surface area contributed by atoms with Crippen LogP contribution in [-0.2, 0) is 0 Å². The van der Waals surface area contributed by atoms with Crippen LogP contribution in [0.1, 0.15) is 16.8 Å². The third kappa shape index (κ3) is 4.22. The highest BCUT2D eigenvalue weighted by Crippen LogP contribution is 2.17. The van der Waals surface area contributed by atoms with Gasteiger partial charge in [0.15, 0.2) is 5.78 Å². The molecular weight excluding hydrogens is 338 g/mol. The quantitative estimate of drug-likeness (QED) is 0.741. The number of nitrogens with one attached hydrogen (secondary N) is 1. The van der Waals surface area contributed by atoms with Gasteiger partial charge in [0.05, 0.1) is 6.42 Å².